The summed E-state index contributed by atoms with van der Waals surface area (Å²) in [5.74, 6) is 0.370. The van der Waals surface area contributed by atoms with Crippen LogP contribution in [0.15, 0.2) is 10.2 Å². The molecule has 0 aromatic rings. The summed E-state index contributed by atoms with van der Waals surface area (Å²) in [6.45, 7) is 6.19. The fourth-order valence-electron chi connectivity index (χ4n) is 2.75. The molecule has 0 spiro atoms. The molecule has 5 nitrogen and oxygen atoms in total. The first-order chi connectivity index (χ1) is 11.2. The predicted molar refractivity (Wildman–Crippen MR) is 93.9 cm³/mol. The molecule has 0 bridgehead atoms. The van der Waals surface area contributed by atoms with Crippen LogP contribution < -0.4 is 5.32 Å². The Hall–Kier alpha value is -1.13. The van der Waals surface area contributed by atoms with Gasteiger partial charge in [-0.05, 0) is 31.6 Å². The highest BCUT2D eigenvalue weighted by Gasteiger charge is 2.13. The van der Waals surface area contributed by atoms with Crippen molar-refractivity contribution in [2.24, 2.45) is 16.1 Å². The molecule has 0 aliphatic carbocycles. The van der Waals surface area contributed by atoms with Gasteiger partial charge in [0.25, 0.3) is 0 Å². The molecule has 1 aliphatic heterocycles. The minimum atomic E-state index is -0.275. The number of azo groups is 1. The van der Waals surface area contributed by atoms with E-state index < -0.39 is 0 Å². The average molecular weight is 325 g/mol. The standard InChI is InChI=1S/C18H35N3O2/c1-16(2)15-23-18(22)21-17-11-8-6-4-3-5-7-9-13-19-20-14-10-12-17/h16-17H,3-15H2,1-2H3,(H,21,22). The Morgan fingerprint density at radius 3 is 2.22 bits per heavy atom. The van der Waals surface area contributed by atoms with Gasteiger partial charge < -0.3 is 10.1 Å². The van der Waals surface area contributed by atoms with Gasteiger partial charge >= 0.3 is 6.09 Å². The highest BCUT2D eigenvalue weighted by molar-refractivity contribution is 5.67. The highest BCUT2D eigenvalue weighted by atomic mass is 16.5. The van der Waals surface area contributed by atoms with Crippen LogP contribution in [0.1, 0.15) is 78.1 Å². The van der Waals surface area contributed by atoms with Gasteiger partial charge in [0, 0.05) is 6.04 Å². The highest BCUT2D eigenvalue weighted by Crippen LogP contribution is 2.13. The monoisotopic (exact) mass is 325 g/mol. The number of nitrogens with one attached hydrogen (secondary N) is 1. The predicted octanol–water partition coefficient (Wildman–Crippen LogP) is 5.10. The van der Waals surface area contributed by atoms with E-state index in [0.29, 0.717) is 12.5 Å². The molecule has 0 radical (unpaired) electrons. The first-order valence-electron chi connectivity index (χ1n) is 9.45. The maximum atomic E-state index is 11.9. The Morgan fingerprint density at radius 2 is 1.52 bits per heavy atom. The number of hydrogen-bond donors (Lipinski definition) is 1. The molecule has 0 fully saturated rings. The van der Waals surface area contributed by atoms with Gasteiger partial charge in [-0.3, -0.25) is 0 Å². The topological polar surface area (TPSA) is 63.0 Å². The van der Waals surface area contributed by atoms with Gasteiger partial charge in [0.2, 0.25) is 0 Å². The van der Waals surface area contributed by atoms with Crippen molar-refractivity contribution in [2.45, 2.75) is 84.1 Å². The summed E-state index contributed by atoms with van der Waals surface area (Å²) in [5.41, 5.74) is 0. The van der Waals surface area contributed by atoms with Crippen LogP contribution >= 0.6 is 0 Å². The molecule has 1 heterocycles. The molecular formula is C18H35N3O2. The van der Waals surface area contributed by atoms with Crippen LogP contribution in [-0.2, 0) is 4.74 Å². The molecule has 1 aliphatic rings. The first-order valence-corrected chi connectivity index (χ1v) is 9.45. The summed E-state index contributed by atoms with van der Waals surface area (Å²) in [7, 11) is 0. The van der Waals surface area contributed by atoms with Gasteiger partial charge in [0.05, 0.1) is 19.7 Å². The lowest BCUT2D eigenvalue weighted by Crippen LogP contribution is -2.36. The van der Waals surface area contributed by atoms with E-state index in [1.54, 1.807) is 0 Å². The number of nitrogens with zero attached hydrogens (tertiary/aromatic N) is 2. The van der Waals surface area contributed by atoms with Gasteiger partial charge in [0.1, 0.15) is 0 Å². The number of ether oxygens (including phenoxy) is 1. The molecule has 134 valence electrons. The Bertz CT molecular complexity index is 332. The second kappa shape index (κ2) is 13.3. The third kappa shape index (κ3) is 12.0. The van der Waals surface area contributed by atoms with E-state index in [1.165, 1.54) is 38.5 Å². The molecule has 23 heavy (non-hydrogen) atoms. The Balaban J connectivity index is 2.36. The lowest BCUT2D eigenvalue weighted by atomic mass is 10.0. The zero-order valence-electron chi connectivity index (χ0n) is 15.1. The van der Waals surface area contributed by atoms with Crippen molar-refractivity contribution in [3.63, 3.8) is 0 Å². The molecule has 0 saturated carbocycles. The van der Waals surface area contributed by atoms with Crippen molar-refractivity contribution in [1.82, 2.24) is 5.32 Å². The summed E-state index contributed by atoms with van der Waals surface area (Å²) in [6, 6.07) is 0.204. The number of rotatable bonds is 3. The lowest BCUT2D eigenvalue weighted by Gasteiger charge is -2.18. The molecule has 0 saturated heterocycles. The number of carbonyl (C=O) groups is 1. The molecule has 0 aromatic heterocycles. The Kier molecular flexibility index (Phi) is 11.5. The maximum Gasteiger partial charge on any atom is 0.407 e. The summed E-state index contributed by atoms with van der Waals surface area (Å²) in [6.07, 6.45) is 11.5. The number of carbonyl (C=O) groups excluding carboxylic acids is 1. The molecular weight excluding hydrogens is 290 g/mol. The van der Waals surface area contributed by atoms with Crippen LogP contribution in [0.25, 0.3) is 0 Å². The van der Waals surface area contributed by atoms with Crippen LogP contribution in [0.3, 0.4) is 0 Å². The minimum Gasteiger partial charge on any atom is -0.449 e. The van der Waals surface area contributed by atoms with Crippen molar-refractivity contribution < 1.29 is 9.53 Å². The number of alkyl carbamates (subject to hydrolysis) is 1. The minimum absolute atomic E-state index is 0.204. The number of amides is 1. The van der Waals surface area contributed by atoms with Gasteiger partial charge in [-0.2, -0.15) is 10.2 Å². The molecule has 1 N–H and O–H groups in total. The van der Waals surface area contributed by atoms with E-state index in [4.69, 9.17) is 4.74 Å². The Labute approximate surface area is 141 Å². The van der Waals surface area contributed by atoms with Gasteiger partial charge in [-0.1, -0.05) is 52.4 Å². The van der Waals surface area contributed by atoms with Crippen LogP contribution in [0, 0.1) is 5.92 Å². The van der Waals surface area contributed by atoms with E-state index in [0.717, 1.165) is 38.8 Å². The van der Waals surface area contributed by atoms with Crippen LogP contribution in [0.2, 0.25) is 0 Å². The summed E-state index contributed by atoms with van der Waals surface area (Å²) in [4.78, 5) is 11.9. The molecule has 1 atom stereocenters. The zero-order chi connectivity index (χ0) is 16.8. The van der Waals surface area contributed by atoms with E-state index in [9.17, 15) is 4.79 Å². The summed E-state index contributed by atoms with van der Waals surface area (Å²) in [5, 5.41) is 11.5. The number of hydrogen-bond acceptors (Lipinski definition) is 4. The SMILES string of the molecule is CC(C)COC(=O)NC1CCCCCCCCCN=NCCC1. The van der Waals surface area contributed by atoms with Crippen LogP contribution in [-0.4, -0.2) is 31.8 Å². The molecule has 0 aromatic carbocycles. The van der Waals surface area contributed by atoms with E-state index in [2.05, 4.69) is 15.5 Å². The van der Waals surface area contributed by atoms with Crippen molar-refractivity contribution in [1.29, 1.82) is 0 Å². The largest absolute Gasteiger partial charge is 0.449 e. The van der Waals surface area contributed by atoms with Crippen molar-refractivity contribution in [3.05, 3.63) is 0 Å². The molecule has 1 rings (SSSR count). The third-order valence-corrected chi connectivity index (χ3v) is 4.09. The first kappa shape index (κ1) is 19.9. The van der Waals surface area contributed by atoms with E-state index >= 15 is 0 Å². The normalized spacial score (nSPS) is 22.1. The van der Waals surface area contributed by atoms with Crippen molar-refractivity contribution in [3.8, 4) is 0 Å². The fourth-order valence-corrected chi connectivity index (χ4v) is 2.75. The van der Waals surface area contributed by atoms with E-state index in [-0.39, 0.29) is 12.1 Å². The maximum absolute atomic E-state index is 11.9. The summed E-state index contributed by atoms with van der Waals surface area (Å²) < 4.78 is 5.24. The molecule has 1 amide bonds. The lowest BCUT2D eigenvalue weighted by molar-refractivity contribution is 0.128. The smallest absolute Gasteiger partial charge is 0.407 e. The Morgan fingerprint density at radius 1 is 0.957 bits per heavy atom. The molecule has 5 heteroatoms. The quantitative estimate of drug-likeness (QED) is 0.784. The van der Waals surface area contributed by atoms with Gasteiger partial charge in [-0.25, -0.2) is 4.79 Å². The summed E-state index contributed by atoms with van der Waals surface area (Å²) >= 11 is 0. The van der Waals surface area contributed by atoms with Crippen molar-refractivity contribution in [2.75, 3.05) is 19.7 Å². The average Bonchev–Trinajstić information content (AvgIpc) is 2.53. The van der Waals surface area contributed by atoms with Crippen LogP contribution in [0.4, 0.5) is 4.79 Å². The van der Waals surface area contributed by atoms with Gasteiger partial charge in [0.15, 0.2) is 0 Å². The third-order valence-electron chi connectivity index (χ3n) is 4.09. The van der Waals surface area contributed by atoms with Crippen molar-refractivity contribution >= 4 is 6.09 Å². The second-order valence-corrected chi connectivity index (χ2v) is 6.97. The molecule has 1 unspecified atom stereocenters. The zero-order valence-corrected chi connectivity index (χ0v) is 15.1. The second-order valence-electron chi connectivity index (χ2n) is 6.97. The van der Waals surface area contributed by atoms with Gasteiger partial charge in [-0.15, -0.1) is 0 Å². The fraction of sp³-hybridized carbons (Fsp3) is 0.944. The van der Waals surface area contributed by atoms with Crippen LogP contribution in [0.5, 0.6) is 0 Å². The van der Waals surface area contributed by atoms with E-state index in [1.807, 2.05) is 13.8 Å².